The van der Waals surface area contributed by atoms with E-state index in [0.717, 1.165) is 59.7 Å². The highest BCUT2D eigenvalue weighted by atomic mass is 16.3. The fraction of sp³-hybridized carbons (Fsp3) is 0.450. The summed E-state index contributed by atoms with van der Waals surface area (Å²) in [7, 11) is 0. The Morgan fingerprint density at radius 2 is 2.11 bits per heavy atom. The average molecular weight is 364 g/mol. The van der Waals surface area contributed by atoms with E-state index in [1.165, 1.54) is 12.8 Å². The second-order valence-electron chi connectivity index (χ2n) is 7.61. The molecule has 0 aliphatic heterocycles. The van der Waals surface area contributed by atoms with Gasteiger partial charge in [-0.15, -0.1) is 5.10 Å². The summed E-state index contributed by atoms with van der Waals surface area (Å²) in [6.07, 6.45) is 8.43. The van der Waals surface area contributed by atoms with Gasteiger partial charge in [-0.1, -0.05) is 5.21 Å². The van der Waals surface area contributed by atoms with Crippen LogP contribution in [0.3, 0.4) is 0 Å². The highest BCUT2D eigenvalue weighted by Gasteiger charge is 2.26. The van der Waals surface area contributed by atoms with Gasteiger partial charge in [-0.05, 0) is 63.3 Å². The van der Waals surface area contributed by atoms with E-state index in [2.05, 4.69) is 31.7 Å². The van der Waals surface area contributed by atoms with Crippen molar-refractivity contribution in [1.82, 2.24) is 30.1 Å². The van der Waals surface area contributed by atoms with Crippen molar-refractivity contribution in [2.75, 3.05) is 6.54 Å². The Hall–Kier alpha value is -2.67. The molecule has 0 unspecified atom stereocenters. The first-order valence-corrected chi connectivity index (χ1v) is 9.71. The highest BCUT2D eigenvalue weighted by Crippen LogP contribution is 2.37. The van der Waals surface area contributed by atoms with Gasteiger partial charge in [-0.3, -0.25) is 0 Å². The molecule has 4 heterocycles. The number of furan rings is 1. The molecule has 7 nitrogen and oxygen atoms in total. The van der Waals surface area contributed by atoms with Gasteiger partial charge in [0.05, 0.1) is 12.2 Å². The molecule has 0 amide bonds. The molecule has 7 heteroatoms. The first-order chi connectivity index (χ1) is 13.3. The standard InChI is InChI=1S/C20H24N6O/c1-13-2-7-16(27-13)11-21-10-14-3-5-15(6-4-14)18-19-17-8-9-22-20(17)23-12-26(19)25-24-18/h2,7-9,12,14-15,21-22H,3-6,10-11H2,1H3. The van der Waals surface area contributed by atoms with Crippen LogP contribution in [0.4, 0.5) is 0 Å². The Morgan fingerprint density at radius 3 is 2.93 bits per heavy atom. The molecule has 4 aromatic heterocycles. The zero-order chi connectivity index (χ0) is 18.2. The third-order valence-electron chi connectivity index (χ3n) is 5.76. The van der Waals surface area contributed by atoms with Crippen molar-refractivity contribution in [3.63, 3.8) is 0 Å². The van der Waals surface area contributed by atoms with Crippen LogP contribution in [0, 0.1) is 12.8 Å². The number of hydrogen-bond acceptors (Lipinski definition) is 5. The van der Waals surface area contributed by atoms with Crippen LogP contribution in [0.15, 0.2) is 35.1 Å². The number of rotatable bonds is 5. The number of aromatic amines is 1. The lowest BCUT2D eigenvalue weighted by atomic mass is 9.80. The molecule has 0 radical (unpaired) electrons. The summed E-state index contributed by atoms with van der Waals surface area (Å²) in [5.41, 5.74) is 3.13. The quantitative estimate of drug-likeness (QED) is 0.565. The zero-order valence-electron chi connectivity index (χ0n) is 15.5. The minimum absolute atomic E-state index is 0.479. The number of aryl methyl sites for hydroxylation is 1. The Balaban J connectivity index is 1.23. The number of H-pyrrole nitrogens is 1. The van der Waals surface area contributed by atoms with Gasteiger partial charge in [0.1, 0.15) is 29.0 Å². The van der Waals surface area contributed by atoms with Crippen molar-refractivity contribution >= 4 is 16.6 Å². The predicted octanol–water partition coefficient (Wildman–Crippen LogP) is 3.57. The van der Waals surface area contributed by atoms with Crippen molar-refractivity contribution < 1.29 is 4.42 Å². The summed E-state index contributed by atoms with van der Waals surface area (Å²) in [6.45, 7) is 3.83. The minimum atomic E-state index is 0.479. The van der Waals surface area contributed by atoms with Crippen LogP contribution in [0.1, 0.15) is 48.8 Å². The Labute approximate surface area is 157 Å². The van der Waals surface area contributed by atoms with Crippen molar-refractivity contribution in [3.8, 4) is 0 Å². The zero-order valence-corrected chi connectivity index (χ0v) is 15.5. The summed E-state index contributed by atoms with van der Waals surface area (Å²) in [5, 5.41) is 13.5. The van der Waals surface area contributed by atoms with E-state index in [-0.39, 0.29) is 0 Å². The van der Waals surface area contributed by atoms with Gasteiger partial charge in [0.2, 0.25) is 0 Å². The van der Waals surface area contributed by atoms with Gasteiger partial charge in [-0.2, -0.15) is 0 Å². The maximum atomic E-state index is 5.62. The molecule has 140 valence electrons. The van der Waals surface area contributed by atoms with Gasteiger partial charge < -0.3 is 14.7 Å². The molecular weight excluding hydrogens is 340 g/mol. The number of nitrogens with one attached hydrogen (secondary N) is 2. The van der Waals surface area contributed by atoms with Crippen LogP contribution in [0.2, 0.25) is 0 Å². The summed E-state index contributed by atoms with van der Waals surface area (Å²) in [5.74, 6) is 3.18. The minimum Gasteiger partial charge on any atom is -0.465 e. The molecule has 2 N–H and O–H groups in total. The van der Waals surface area contributed by atoms with E-state index in [1.807, 2.05) is 29.8 Å². The lowest BCUT2D eigenvalue weighted by Crippen LogP contribution is -2.25. The number of fused-ring (bicyclic) bond motifs is 3. The van der Waals surface area contributed by atoms with Crippen molar-refractivity contribution in [3.05, 3.63) is 47.9 Å². The van der Waals surface area contributed by atoms with Crippen molar-refractivity contribution in [2.45, 2.75) is 45.1 Å². The first-order valence-electron chi connectivity index (χ1n) is 9.71. The number of aromatic nitrogens is 5. The average Bonchev–Trinajstić information content (AvgIpc) is 3.40. The third-order valence-corrected chi connectivity index (χ3v) is 5.76. The van der Waals surface area contributed by atoms with Crippen molar-refractivity contribution in [1.29, 1.82) is 0 Å². The molecule has 0 aromatic carbocycles. The Morgan fingerprint density at radius 1 is 1.22 bits per heavy atom. The molecule has 1 aliphatic carbocycles. The third kappa shape index (κ3) is 3.12. The fourth-order valence-corrected chi connectivity index (χ4v) is 4.31. The Kier molecular flexibility index (Phi) is 4.16. The van der Waals surface area contributed by atoms with Crippen molar-refractivity contribution in [2.24, 2.45) is 5.92 Å². The van der Waals surface area contributed by atoms with Crippen LogP contribution in [0.5, 0.6) is 0 Å². The molecule has 4 aromatic rings. The molecular formula is C20H24N6O. The Bertz CT molecular complexity index is 1050. The van der Waals surface area contributed by atoms with Crippen LogP contribution >= 0.6 is 0 Å². The van der Waals surface area contributed by atoms with Crippen LogP contribution in [-0.2, 0) is 6.54 Å². The molecule has 0 spiro atoms. The van der Waals surface area contributed by atoms with Crippen LogP contribution in [-0.4, -0.2) is 31.3 Å². The molecule has 0 bridgehead atoms. The van der Waals surface area contributed by atoms with E-state index in [0.29, 0.717) is 11.8 Å². The van der Waals surface area contributed by atoms with E-state index in [4.69, 9.17) is 4.42 Å². The SMILES string of the molecule is Cc1ccc(CNCC2CCC(c3nnn4cnc5[nH]ccc5c34)CC2)o1. The van der Waals surface area contributed by atoms with Crippen LogP contribution < -0.4 is 5.32 Å². The lowest BCUT2D eigenvalue weighted by Gasteiger charge is -2.27. The lowest BCUT2D eigenvalue weighted by molar-refractivity contribution is 0.308. The molecule has 0 atom stereocenters. The maximum absolute atomic E-state index is 5.62. The summed E-state index contributed by atoms with van der Waals surface area (Å²) in [6, 6.07) is 6.13. The molecule has 1 saturated carbocycles. The molecule has 27 heavy (non-hydrogen) atoms. The van der Waals surface area contributed by atoms with Crippen LogP contribution in [0.25, 0.3) is 16.6 Å². The summed E-state index contributed by atoms with van der Waals surface area (Å²) >= 11 is 0. The summed E-state index contributed by atoms with van der Waals surface area (Å²) < 4.78 is 7.43. The molecule has 1 aliphatic rings. The van der Waals surface area contributed by atoms with Gasteiger partial charge in [-0.25, -0.2) is 9.50 Å². The molecule has 1 fully saturated rings. The van der Waals surface area contributed by atoms with Gasteiger partial charge in [0, 0.05) is 17.5 Å². The predicted molar refractivity (Wildman–Crippen MR) is 102 cm³/mol. The normalized spacial score (nSPS) is 20.6. The second kappa shape index (κ2) is 6.81. The van der Waals surface area contributed by atoms with Gasteiger partial charge >= 0.3 is 0 Å². The van der Waals surface area contributed by atoms with E-state index in [9.17, 15) is 0 Å². The fourth-order valence-electron chi connectivity index (χ4n) is 4.31. The largest absolute Gasteiger partial charge is 0.465 e. The highest BCUT2D eigenvalue weighted by molar-refractivity contribution is 5.92. The van der Waals surface area contributed by atoms with E-state index < -0.39 is 0 Å². The number of hydrogen-bond donors (Lipinski definition) is 2. The topological polar surface area (TPSA) is 84.0 Å². The van der Waals surface area contributed by atoms with Gasteiger partial charge in [0.15, 0.2) is 0 Å². The first kappa shape index (κ1) is 16.5. The van der Waals surface area contributed by atoms with E-state index >= 15 is 0 Å². The molecule has 0 saturated heterocycles. The number of nitrogens with zero attached hydrogens (tertiary/aromatic N) is 4. The van der Waals surface area contributed by atoms with E-state index in [1.54, 1.807) is 6.33 Å². The summed E-state index contributed by atoms with van der Waals surface area (Å²) in [4.78, 5) is 7.57. The van der Waals surface area contributed by atoms with Gasteiger partial charge in [0.25, 0.3) is 0 Å². The molecule has 5 rings (SSSR count). The maximum Gasteiger partial charge on any atom is 0.141 e. The second-order valence-corrected chi connectivity index (χ2v) is 7.61. The monoisotopic (exact) mass is 364 g/mol. The smallest absolute Gasteiger partial charge is 0.141 e.